The molecule has 1 aliphatic heterocycles. The molecule has 0 aliphatic carbocycles. The van der Waals surface area contributed by atoms with E-state index in [4.69, 9.17) is 20.8 Å². The lowest BCUT2D eigenvalue weighted by molar-refractivity contribution is -0.152. The Balaban J connectivity index is 1.44. The Morgan fingerprint density at radius 2 is 2.18 bits per heavy atom. The van der Waals surface area contributed by atoms with Gasteiger partial charge in [0.25, 0.3) is 5.91 Å². The van der Waals surface area contributed by atoms with Gasteiger partial charge in [-0.15, -0.1) is 0 Å². The Kier molecular flexibility index (Phi) is 6.36. The van der Waals surface area contributed by atoms with E-state index in [1.165, 1.54) is 6.26 Å². The second kappa shape index (κ2) is 8.93. The van der Waals surface area contributed by atoms with Crippen molar-refractivity contribution >= 4 is 29.4 Å². The average molecular weight is 405 g/mol. The van der Waals surface area contributed by atoms with Crippen LogP contribution in [0.4, 0.5) is 0 Å². The van der Waals surface area contributed by atoms with E-state index < -0.39 is 24.4 Å². The van der Waals surface area contributed by atoms with Gasteiger partial charge >= 0.3 is 5.97 Å². The van der Waals surface area contributed by atoms with Crippen LogP contribution in [-0.2, 0) is 25.7 Å². The van der Waals surface area contributed by atoms with Gasteiger partial charge in [0.2, 0.25) is 5.91 Å². The zero-order chi connectivity index (χ0) is 20.1. The minimum absolute atomic E-state index is 0.0695. The molecule has 0 radical (unpaired) electrons. The third-order valence-electron chi connectivity index (χ3n) is 4.55. The zero-order valence-electron chi connectivity index (χ0n) is 15.4. The van der Waals surface area contributed by atoms with Crippen LogP contribution in [0.5, 0.6) is 0 Å². The van der Waals surface area contributed by atoms with E-state index >= 15 is 0 Å². The highest BCUT2D eigenvalue weighted by Gasteiger charge is 2.35. The lowest BCUT2D eigenvalue weighted by atomic mass is 10.1. The minimum atomic E-state index is -0.583. The van der Waals surface area contributed by atoms with Gasteiger partial charge in [0.05, 0.1) is 24.8 Å². The molecule has 0 saturated carbocycles. The summed E-state index contributed by atoms with van der Waals surface area (Å²) in [5, 5.41) is 3.33. The summed E-state index contributed by atoms with van der Waals surface area (Å²) < 4.78 is 10.3. The number of amides is 2. The van der Waals surface area contributed by atoms with Crippen LogP contribution in [0.1, 0.15) is 30.7 Å². The van der Waals surface area contributed by atoms with E-state index in [-0.39, 0.29) is 24.9 Å². The van der Waals surface area contributed by atoms with Crippen molar-refractivity contribution in [2.75, 3.05) is 13.2 Å². The number of hydrogen-bond donors (Lipinski definition) is 1. The van der Waals surface area contributed by atoms with E-state index in [0.29, 0.717) is 17.3 Å². The summed E-state index contributed by atoms with van der Waals surface area (Å²) in [5.74, 6) is -1.05. The SMILES string of the molecule is C[C@@H](NC(=O)COC(=O)[C@@H]1CC(=O)N(Cc2ccco2)C1)c1cccc(Cl)c1. The van der Waals surface area contributed by atoms with Crippen LogP contribution >= 0.6 is 11.6 Å². The molecule has 8 heteroatoms. The molecule has 3 rings (SSSR count). The minimum Gasteiger partial charge on any atom is -0.467 e. The Bertz CT molecular complexity index is 852. The fraction of sp³-hybridized carbons (Fsp3) is 0.350. The van der Waals surface area contributed by atoms with E-state index in [9.17, 15) is 14.4 Å². The van der Waals surface area contributed by atoms with Gasteiger partial charge < -0.3 is 19.4 Å². The number of halogens is 1. The lowest BCUT2D eigenvalue weighted by Crippen LogP contribution is -2.32. The maximum absolute atomic E-state index is 12.2. The molecule has 1 aromatic heterocycles. The first-order valence-electron chi connectivity index (χ1n) is 8.94. The van der Waals surface area contributed by atoms with E-state index in [1.807, 2.05) is 13.0 Å². The van der Waals surface area contributed by atoms with Crippen LogP contribution in [0.3, 0.4) is 0 Å². The number of carbonyl (C=O) groups excluding carboxylic acids is 3. The number of hydrogen-bond acceptors (Lipinski definition) is 5. The van der Waals surface area contributed by atoms with E-state index in [0.717, 1.165) is 5.56 Å². The van der Waals surface area contributed by atoms with E-state index in [2.05, 4.69) is 5.32 Å². The number of esters is 1. The number of benzene rings is 1. The fourth-order valence-electron chi connectivity index (χ4n) is 3.07. The Morgan fingerprint density at radius 3 is 2.89 bits per heavy atom. The molecular weight excluding hydrogens is 384 g/mol. The highest BCUT2D eigenvalue weighted by Crippen LogP contribution is 2.22. The van der Waals surface area contributed by atoms with Gasteiger partial charge in [-0.3, -0.25) is 14.4 Å². The molecule has 2 aromatic rings. The second-order valence-electron chi connectivity index (χ2n) is 6.71. The van der Waals surface area contributed by atoms with Crippen molar-refractivity contribution in [2.24, 2.45) is 5.92 Å². The van der Waals surface area contributed by atoms with Crippen molar-refractivity contribution in [3.05, 3.63) is 59.0 Å². The fourth-order valence-corrected chi connectivity index (χ4v) is 3.27. The van der Waals surface area contributed by atoms with Crippen LogP contribution in [0, 0.1) is 5.92 Å². The van der Waals surface area contributed by atoms with Crippen molar-refractivity contribution in [1.82, 2.24) is 10.2 Å². The third-order valence-corrected chi connectivity index (χ3v) is 4.78. The summed E-state index contributed by atoms with van der Waals surface area (Å²) in [6.07, 6.45) is 1.60. The highest BCUT2D eigenvalue weighted by molar-refractivity contribution is 6.30. The Hall–Kier alpha value is -2.80. The largest absolute Gasteiger partial charge is 0.467 e. The average Bonchev–Trinajstić information content (AvgIpc) is 3.30. The monoisotopic (exact) mass is 404 g/mol. The molecule has 28 heavy (non-hydrogen) atoms. The second-order valence-corrected chi connectivity index (χ2v) is 7.14. The van der Waals surface area contributed by atoms with Gasteiger partial charge in [-0.25, -0.2) is 0 Å². The number of nitrogens with zero attached hydrogens (tertiary/aromatic N) is 1. The van der Waals surface area contributed by atoms with Gasteiger partial charge in [0.1, 0.15) is 5.76 Å². The summed E-state index contributed by atoms with van der Waals surface area (Å²) in [6, 6.07) is 10.4. The highest BCUT2D eigenvalue weighted by atomic mass is 35.5. The molecule has 1 N–H and O–H groups in total. The van der Waals surface area contributed by atoms with Gasteiger partial charge in [-0.2, -0.15) is 0 Å². The number of ether oxygens (including phenoxy) is 1. The van der Waals surface area contributed by atoms with Crippen LogP contribution < -0.4 is 5.32 Å². The van der Waals surface area contributed by atoms with Crippen LogP contribution in [0.2, 0.25) is 5.02 Å². The Labute approximate surface area is 167 Å². The molecule has 2 heterocycles. The molecule has 0 bridgehead atoms. The predicted octanol–water partition coefficient (Wildman–Crippen LogP) is 2.70. The first kappa shape index (κ1) is 19.9. The molecule has 0 spiro atoms. The zero-order valence-corrected chi connectivity index (χ0v) is 16.1. The number of carbonyl (C=O) groups is 3. The van der Waals surface area contributed by atoms with Gasteiger partial charge in [-0.1, -0.05) is 23.7 Å². The first-order chi connectivity index (χ1) is 13.4. The van der Waals surface area contributed by atoms with Crippen molar-refractivity contribution in [3.63, 3.8) is 0 Å². The number of likely N-dealkylation sites (tertiary alicyclic amines) is 1. The summed E-state index contributed by atoms with van der Waals surface area (Å²) in [5.41, 5.74) is 0.849. The number of rotatable bonds is 7. The van der Waals surface area contributed by atoms with Gasteiger partial charge in [0, 0.05) is 18.0 Å². The summed E-state index contributed by atoms with van der Waals surface area (Å²) in [6.45, 7) is 1.98. The van der Waals surface area contributed by atoms with E-state index in [1.54, 1.807) is 35.2 Å². The standard InChI is InChI=1S/C20H21ClN2O5/c1-13(14-4-2-5-16(21)8-14)22-18(24)12-28-20(26)15-9-19(25)23(10-15)11-17-6-3-7-27-17/h2-8,13,15H,9-12H2,1H3,(H,22,24)/t13-,15-/m1/s1. The van der Waals surface area contributed by atoms with Crippen LogP contribution in [0.25, 0.3) is 0 Å². The maximum Gasteiger partial charge on any atom is 0.311 e. The summed E-state index contributed by atoms with van der Waals surface area (Å²) in [7, 11) is 0. The lowest BCUT2D eigenvalue weighted by Gasteiger charge is -2.16. The van der Waals surface area contributed by atoms with Crippen molar-refractivity contribution < 1.29 is 23.5 Å². The molecule has 2 amide bonds. The normalized spacial score (nSPS) is 17.4. The smallest absolute Gasteiger partial charge is 0.311 e. The molecule has 7 nitrogen and oxygen atoms in total. The molecule has 1 aromatic carbocycles. The quantitative estimate of drug-likeness (QED) is 0.717. The number of nitrogens with one attached hydrogen (secondary N) is 1. The molecule has 1 fully saturated rings. The topological polar surface area (TPSA) is 88.8 Å². The summed E-state index contributed by atoms with van der Waals surface area (Å²) >= 11 is 5.95. The molecule has 0 unspecified atom stereocenters. The maximum atomic E-state index is 12.2. The molecular formula is C20H21ClN2O5. The van der Waals surface area contributed by atoms with Crippen LogP contribution in [0.15, 0.2) is 47.1 Å². The van der Waals surface area contributed by atoms with Crippen molar-refractivity contribution in [1.29, 1.82) is 0 Å². The Morgan fingerprint density at radius 1 is 1.36 bits per heavy atom. The van der Waals surface area contributed by atoms with Gasteiger partial charge in [0.15, 0.2) is 6.61 Å². The molecule has 148 valence electrons. The third kappa shape index (κ3) is 5.13. The van der Waals surface area contributed by atoms with Gasteiger partial charge in [-0.05, 0) is 36.8 Å². The molecule has 1 saturated heterocycles. The summed E-state index contributed by atoms with van der Waals surface area (Å²) in [4.78, 5) is 37.9. The predicted molar refractivity (Wildman–Crippen MR) is 101 cm³/mol. The molecule has 2 atom stereocenters. The molecule has 1 aliphatic rings. The number of furan rings is 1. The first-order valence-corrected chi connectivity index (χ1v) is 9.32. The van der Waals surface area contributed by atoms with Crippen molar-refractivity contribution in [3.8, 4) is 0 Å². The van der Waals surface area contributed by atoms with Crippen molar-refractivity contribution in [2.45, 2.75) is 25.9 Å². The van der Waals surface area contributed by atoms with Crippen LogP contribution in [-0.4, -0.2) is 35.8 Å².